The number of amides is 4. The molecule has 3 atom stereocenters. The number of likely N-dealkylation sites (tertiary alicyclic amines) is 1. The second-order valence-electron chi connectivity index (χ2n) is 19.5. The number of halogens is 2. The van der Waals surface area contributed by atoms with Gasteiger partial charge in [0.05, 0.1) is 41.3 Å². The van der Waals surface area contributed by atoms with E-state index in [4.69, 9.17) is 22.1 Å². The van der Waals surface area contributed by atoms with Gasteiger partial charge in [-0.25, -0.2) is 14.4 Å². The van der Waals surface area contributed by atoms with Gasteiger partial charge in [0.1, 0.15) is 22.9 Å². The first-order chi connectivity index (χ1) is 33.5. The predicted molar refractivity (Wildman–Crippen MR) is 280 cm³/mol. The van der Waals surface area contributed by atoms with Crippen LogP contribution in [0.2, 0.25) is 0 Å². The average Bonchev–Trinajstić information content (AvgIpc) is 3.69. The van der Waals surface area contributed by atoms with E-state index in [1.807, 2.05) is 62.4 Å². The molecule has 0 bridgehead atoms. The number of carbonyl (C=O) groups excluding carboxylic acids is 4. The summed E-state index contributed by atoms with van der Waals surface area (Å²) >= 11 is 9.56. The minimum Gasteiger partial charge on any atom is -0.495 e. The fourth-order valence-electron chi connectivity index (χ4n) is 9.62. The molecule has 3 unspecified atom stereocenters. The van der Waals surface area contributed by atoms with Crippen LogP contribution in [-0.2, 0) is 14.4 Å². The molecule has 2 aliphatic carbocycles. The third-order valence-electron chi connectivity index (χ3n) is 14.2. The molecule has 15 nitrogen and oxygen atoms in total. The molecule has 0 spiro atoms. The fraction of sp³-hybridized carbons (Fsp3) is 0.549. The Morgan fingerprint density at radius 2 is 1.73 bits per heavy atom. The summed E-state index contributed by atoms with van der Waals surface area (Å²) in [6.45, 7) is 12.1. The van der Waals surface area contributed by atoms with Crippen LogP contribution in [0.4, 0.5) is 10.1 Å². The van der Waals surface area contributed by atoms with Crippen LogP contribution in [0.3, 0.4) is 0 Å². The number of hydrogen-bond donors (Lipinski definition) is 4. The molecule has 2 aromatic carbocycles. The molecule has 3 heterocycles. The van der Waals surface area contributed by atoms with Gasteiger partial charge < -0.3 is 36.2 Å². The highest BCUT2D eigenvalue weighted by molar-refractivity contribution is 8.00. The maximum absolute atomic E-state index is 15.2. The van der Waals surface area contributed by atoms with Crippen LogP contribution < -0.4 is 26.4 Å². The van der Waals surface area contributed by atoms with Crippen LogP contribution >= 0.6 is 34.7 Å². The normalized spacial score (nSPS) is 21.9. The van der Waals surface area contributed by atoms with E-state index in [0.717, 1.165) is 79.1 Å². The third kappa shape index (κ3) is 12.9. The van der Waals surface area contributed by atoms with E-state index in [-0.39, 0.29) is 47.5 Å². The summed E-state index contributed by atoms with van der Waals surface area (Å²) in [5, 5.41) is 9.34. The zero-order valence-corrected chi connectivity index (χ0v) is 43.5. The van der Waals surface area contributed by atoms with Crippen molar-refractivity contribution in [3.05, 3.63) is 76.0 Å². The largest absolute Gasteiger partial charge is 0.495 e. The number of aromatic nitrogens is 1. The monoisotopic (exact) mass is 1020 g/mol. The van der Waals surface area contributed by atoms with Crippen LogP contribution in [-0.4, -0.2) is 137 Å². The number of nitrogens with zero attached hydrogens (tertiary/aromatic N) is 6. The van der Waals surface area contributed by atoms with Crippen molar-refractivity contribution in [1.29, 1.82) is 0 Å². The van der Waals surface area contributed by atoms with Gasteiger partial charge in [-0.1, -0.05) is 35.9 Å². The van der Waals surface area contributed by atoms with Crippen LogP contribution in [0.1, 0.15) is 99.8 Å². The lowest BCUT2D eigenvalue weighted by Crippen LogP contribution is -2.61. The Bertz CT molecular complexity index is 2430. The summed E-state index contributed by atoms with van der Waals surface area (Å²) in [5.74, 6) is 1.17. The van der Waals surface area contributed by atoms with E-state index < -0.39 is 28.4 Å². The first-order valence-corrected chi connectivity index (χ1v) is 26.6. The number of amidine groups is 1. The van der Waals surface area contributed by atoms with Gasteiger partial charge >= 0.3 is 0 Å². The van der Waals surface area contributed by atoms with Gasteiger partial charge in [0.2, 0.25) is 11.8 Å². The first kappa shape index (κ1) is 52.8. The number of aliphatic imine (C=N–C) groups is 2. The number of thioether (sulfide) groups is 1. The Morgan fingerprint density at radius 1 is 1.03 bits per heavy atom. The van der Waals surface area contributed by atoms with E-state index in [0.29, 0.717) is 61.3 Å². The zero-order chi connectivity index (χ0) is 50.2. The van der Waals surface area contributed by atoms with Gasteiger partial charge in [-0.05, 0) is 126 Å². The second kappa shape index (κ2) is 23.5. The summed E-state index contributed by atoms with van der Waals surface area (Å²) in [7, 11) is 3.11. The van der Waals surface area contributed by atoms with Gasteiger partial charge in [-0.2, -0.15) is 11.8 Å². The molecule has 2 saturated carbocycles. The molecule has 3 aromatic rings. The van der Waals surface area contributed by atoms with Crippen molar-refractivity contribution in [2.75, 3.05) is 64.5 Å². The number of rotatable bonds is 18. The number of nitrogens with two attached hydrogens (primary N) is 1. The number of anilines is 1. The van der Waals surface area contributed by atoms with Gasteiger partial charge in [-0.15, -0.1) is 11.3 Å². The van der Waals surface area contributed by atoms with Crippen molar-refractivity contribution in [3.63, 3.8) is 0 Å². The molecule has 1 aromatic heterocycles. The highest BCUT2D eigenvalue weighted by Crippen LogP contribution is 2.42. The molecule has 2 aliphatic heterocycles. The maximum Gasteiger partial charge on any atom is 0.258 e. The van der Waals surface area contributed by atoms with E-state index in [2.05, 4.69) is 35.8 Å². The second-order valence-corrected chi connectivity index (χ2v) is 22.4. The zero-order valence-electron chi connectivity index (χ0n) is 41.1. The summed E-state index contributed by atoms with van der Waals surface area (Å²) in [6, 6.07) is 11.4. The van der Waals surface area contributed by atoms with E-state index in [9.17, 15) is 19.2 Å². The molecule has 378 valence electrons. The highest BCUT2D eigenvalue weighted by atomic mass is 35.5. The van der Waals surface area contributed by atoms with E-state index in [1.54, 1.807) is 60.4 Å². The number of nitrogens with one attached hydrogen (secondary N) is 3. The lowest BCUT2D eigenvalue weighted by atomic mass is 9.82. The first-order valence-electron chi connectivity index (χ1n) is 24.3. The number of hydrogen-bond acceptors (Lipinski definition) is 11. The van der Waals surface area contributed by atoms with Gasteiger partial charge in [-0.3, -0.25) is 29.1 Å². The summed E-state index contributed by atoms with van der Waals surface area (Å²) < 4.78 is 20.0. The molecule has 7 rings (SSSR count). The molecule has 5 N–H and O–H groups in total. The molecule has 2 saturated heterocycles. The topological polar surface area (TPSA) is 187 Å². The van der Waals surface area contributed by atoms with E-state index >= 15 is 4.39 Å². The number of alkyl halides is 1. The molecular weight excluding hydrogens is 951 g/mol. The van der Waals surface area contributed by atoms with Crippen molar-refractivity contribution in [2.24, 2.45) is 27.6 Å². The minimum absolute atomic E-state index is 0.0476. The van der Waals surface area contributed by atoms with Gasteiger partial charge in [0.25, 0.3) is 11.8 Å². The Labute approximate surface area is 424 Å². The fourth-order valence-corrected chi connectivity index (χ4v) is 11.9. The van der Waals surface area contributed by atoms with Crippen molar-refractivity contribution < 1.29 is 28.3 Å². The van der Waals surface area contributed by atoms with Crippen LogP contribution in [0.15, 0.2) is 69.2 Å². The lowest BCUT2D eigenvalue weighted by molar-refractivity contribution is -0.143. The quantitative estimate of drug-likeness (QED) is 0.0732. The smallest absolute Gasteiger partial charge is 0.258 e. The summed E-state index contributed by atoms with van der Waals surface area (Å²) in [5.41, 5.74) is 9.42. The van der Waals surface area contributed by atoms with Crippen molar-refractivity contribution in [2.45, 2.75) is 108 Å². The van der Waals surface area contributed by atoms with Crippen molar-refractivity contribution in [3.8, 4) is 16.2 Å². The van der Waals surface area contributed by atoms with Crippen molar-refractivity contribution >= 4 is 76.2 Å². The molecule has 4 aliphatic rings. The van der Waals surface area contributed by atoms with Crippen molar-refractivity contribution in [1.82, 2.24) is 30.3 Å². The number of carbonyl (C=O) groups is 4. The third-order valence-corrected chi connectivity index (χ3v) is 17.1. The van der Waals surface area contributed by atoms with Gasteiger partial charge in [0.15, 0.2) is 11.5 Å². The molecule has 4 fully saturated rings. The number of benzene rings is 2. The number of ether oxygens (including phenoxy) is 1. The SMILES string of the molecule is CN=C(N=CN)/C(Cl)=C\Nc1ccc(C(=O)N2CCN(CC3CCC(CSC(C)(C)C(NC(=O)C4(F)CC4)C(=O)N4CCCC4C(=O)NC(C)c4ccc(-c5scnc5C)cc4)CC3)CC2)cc1OC. The number of piperazine rings is 1. The summed E-state index contributed by atoms with van der Waals surface area (Å²) in [6.07, 6.45) is 8.37. The maximum atomic E-state index is 15.2. The Morgan fingerprint density at radius 3 is 2.36 bits per heavy atom. The molecule has 19 heteroatoms. The summed E-state index contributed by atoms with van der Waals surface area (Å²) in [4.78, 5) is 74.7. The van der Waals surface area contributed by atoms with Crippen LogP contribution in [0, 0.1) is 18.8 Å². The highest BCUT2D eigenvalue weighted by Gasteiger charge is 2.54. The predicted octanol–water partition coefficient (Wildman–Crippen LogP) is 7.57. The average molecular weight is 1020 g/mol. The molecule has 0 radical (unpaired) electrons. The number of aryl methyl sites for hydroxylation is 1. The Balaban J connectivity index is 0.882. The van der Waals surface area contributed by atoms with E-state index in [1.165, 1.54) is 6.20 Å². The lowest BCUT2D eigenvalue weighted by Gasteiger charge is -2.40. The Hall–Kier alpha value is -5.04. The minimum atomic E-state index is -1.95. The standard InChI is InChI=1S/C51H68ClFN10O5S2/c1-32(36-13-15-37(16-14-36)43-33(2)58-31-69-43)59-46(64)41-8-7-21-63(41)48(66)44(60-49(67)51(53)19-20-51)50(3,4)70-29-35-11-9-34(10-12-35)28-61-22-24-62(25-23-61)47(65)38-17-18-40(42(26-38)68-6)56-27-39(52)45(55-5)57-30-54/h13-18,26-27,30-32,34-35,41,44,56H,7-12,19-25,28-29H2,1-6H3,(H,59,64)(H,60,67)(H2,54,55,57)/b39-27+. The molecule has 70 heavy (non-hydrogen) atoms. The van der Waals surface area contributed by atoms with Crippen LogP contribution in [0.25, 0.3) is 10.4 Å². The Kier molecular flexibility index (Phi) is 17.7. The molecule has 4 amide bonds. The number of methoxy groups -OCH3 is 1. The number of thiazole rings is 1. The molecular formula is C51H68ClFN10O5S2. The van der Waals surface area contributed by atoms with Gasteiger partial charge in [0, 0.05) is 62.8 Å². The van der Waals surface area contributed by atoms with Crippen LogP contribution in [0.5, 0.6) is 5.75 Å².